The minimum atomic E-state index is -0.413. The number of anilines is 1. The zero-order valence-electron chi connectivity index (χ0n) is 9.29. The molecule has 7 heteroatoms. The third-order valence-electron chi connectivity index (χ3n) is 2.10. The van der Waals surface area contributed by atoms with Crippen LogP contribution < -0.4 is 5.32 Å². The highest BCUT2D eigenvalue weighted by atomic mass is 32.1. The number of nitrogens with one attached hydrogen (secondary N) is 1. The van der Waals surface area contributed by atoms with Crippen molar-refractivity contribution in [1.82, 2.24) is 14.5 Å². The topological polar surface area (TPSA) is 69.0 Å². The summed E-state index contributed by atoms with van der Waals surface area (Å²) in [6.07, 6.45) is 5.38. The Balaban J connectivity index is 1.83. The third kappa shape index (κ3) is 3.04. The molecular weight excluding hydrogens is 240 g/mol. The molecule has 1 N–H and O–H groups in total. The van der Waals surface area contributed by atoms with Gasteiger partial charge in [0.2, 0.25) is 0 Å². The summed E-state index contributed by atoms with van der Waals surface area (Å²) in [6.45, 7) is 1.53. The Bertz CT molecular complexity index is 480. The molecule has 0 spiro atoms. The Kier molecular flexibility index (Phi) is 3.71. The number of ether oxygens (including phenoxy) is 1. The molecule has 2 rings (SSSR count). The molecule has 90 valence electrons. The van der Waals surface area contributed by atoms with Crippen molar-refractivity contribution < 1.29 is 9.53 Å². The van der Waals surface area contributed by atoms with Crippen molar-refractivity contribution in [3.05, 3.63) is 29.8 Å². The maximum Gasteiger partial charge on any atom is 0.357 e. The van der Waals surface area contributed by atoms with Crippen LogP contribution in [0.4, 0.5) is 5.13 Å². The van der Waals surface area contributed by atoms with Gasteiger partial charge in [-0.2, -0.15) is 0 Å². The molecule has 0 unspecified atom stereocenters. The summed E-state index contributed by atoms with van der Waals surface area (Å²) in [6, 6.07) is 0. The summed E-state index contributed by atoms with van der Waals surface area (Å²) in [5.74, 6) is -0.413. The van der Waals surface area contributed by atoms with Crippen molar-refractivity contribution in [2.75, 3.05) is 19.0 Å². The molecule has 0 fully saturated rings. The molecule has 0 aromatic carbocycles. The second kappa shape index (κ2) is 5.44. The molecule has 6 nitrogen and oxygen atoms in total. The number of nitrogens with zero attached hydrogens (tertiary/aromatic N) is 3. The summed E-state index contributed by atoms with van der Waals surface area (Å²) < 4.78 is 6.54. The van der Waals surface area contributed by atoms with Gasteiger partial charge in [0.05, 0.1) is 13.4 Å². The third-order valence-corrected chi connectivity index (χ3v) is 2.90. The average Bonchev–Trinajstić information content (AvgIpc) is 2.99. The van der Waals surface area contributed by atoms with Crippen LogP contribution in [0.5, 0.6) is 0 Å². The van der Waals surface area contributed by atoms with Crippen LogP contribution in [0, 0.1) is 0 Å². The van der Waals surface area contributed by atoms with Gasteiger partial charge in [-0.1, -0.05) is 0 Å². The normalized spacial score (nSPS) is 10.2. The molecule has 17 heavy (non-hydrogen) atoms. The van der Waals surface area contributed by atoms with Crippen molar-refractivity contribution in [2.45, 2.75) is 6.54 Å². The van der Waals surface area contributed by atoms with Gasteiger partial charge in [-0.3, -0.25) is 0 Å². The van der Waals surface area contributed by atoms with Gasteiger partial charge in [0.15, 0.2) is 10.8 Å². The quantitative estimate of drug-likeness (QED) is 0.811. The number of hydrogen-bond donors (Lipinski definition) is 1. The van der Waals surface area contributed by atoms with Gasteiger partial charge in [0.1, 0.15) is 0 Å². The predicted molar refractivity (Wildman–Crippen MR) is 64.2 cm³/mol. The lowest BCUT2D eigenvalue weighted by molar-refractivity contribution is 0.0595. The Morgan fingerprint density at radius 1 is 1.65 bits per heavy atom. The molecule has 0 atom stereocenters. The largest absolute Gasteiger partial charge is 0.464 e. The Labute approximate surface area is 102 Å². The van der Waals surface area contributed by atoms with E-state index in [1.54, 1.807) is 17.9 Å². The van der Waals surface area contributed by atoms with Crippen molar-refractivity contribution in [3.8, 4) is 0 Å². The summed E-state index contributed by atoms with van der Waals surface area (Å²) in [7, 11) is 1.34. The number of esters is 1. The lowest BCUT2D eigenvalue weighted by Crippen LogP contribution is -2.09. The second-order valence-corrected chi connectivity index (χ2v) is 4.11. The maximum atomic E-state index is 11.2. The van der Waals surface area contributed by atoms with Crippen molar-refractivity contribution in [1.29, 1.82) is 0 Å². The molecule has 2 heterocycles. The van der Waals surface area contributed by atoms with Crippen molar-refractivity contribution in [2.24, 2.45) is 0 Å². The molecule has 0 amide bonds. The van der Waals surface area contributed by atoms with E-state index < -0.39 is 5.97 Å². The fourth-order valence-electron chi connectivity index (χ4n) is 1.26. The molecule has 0 radical (unpaired) electrons. The van der Waals surface area contributed by atoms with E-state index in [0.717, 1.165) is 13.1 Å². The van der Waals surface area contributed by atoms with Gasteiger partial charge in [-0.05, 0) is 0 Å². The fourth-order valence-corrected chi connectivity index (χ4v) is 1.97. The summed E-state index contributed by atoms with van der Waals surface area (Å²) in [4.78, 5) is 19.2. The monoisotopic (exact) mass is 252 g/mol. The van der Waals surface area contributed by atoms with E-state index in [1.807, 2.05) is 10.8 Å². The molecule has 0 bridgehead atoms. The minimum absolute atomic E-state index is 0.336. The number of carbonyl (C=O) groups excluding carboxylic acids is 1. The van der Waals surface area contributed by atoms with Crippen LogP contribution in [0.15, 0.2) is 24.1 Å². The van der Waals surface area contributed by atoms with E-state index in [1.165, 1.54) is 18.4 Å². The lowest BCUT2D eigenvalue weighted by Gasteiger charge is -2.02. The van der Waals surface area contributed by atoms with Crippen LogP contribution in [0.3, 0.4) is 0 Å². The van der Waals surface area contributed by atoms with Gasteiger partial charge in [-0.25, -0.2) is 14.8 Å². The molecule has 2 aromatic heterocycles. The number of thiazole rings is 1. The van der Waals surface area contributed by atoms with Crippen LogP contribution in [0.25, 0.3) is 0 Å². The predicted octanol–water partition coefficient (Wildman–Crippen LogP) is 1.24. The van der Waals surface area contributed by atoms with E-state index >= 15 is 0 Å². The van der Waals surface area contributed by atoms with Crippen LogP contribution in [-0.2, 0) is 11.3 Å². The number of carbonyl (C=O) groups is 1. The first-order valence-electron chi connectivity index (χ1n) is 5.03. The van der Waals surface area contributed by atoms with Crippen LogP contribution in [-0.4, -0.2) is 34.2 Å². The minimum Gasteiger partial charge on any atom is -0.464 e. The van der Waals surface area contributed by atoms with Crippen LogP contribution in [0.1, 0.15) is 10.5 Å². The Hall–Kier alpha value is -1.89. The number of methoxy groups -OCH3 is 1. The number of aromatic nitrogens is 3. The summed E-state index contributed by atoms with van der Waals surface area (Å²) in [5, 5.41) is 5.52. The van der Waals surface area contributed by atoms with E-state index in [2.05, 4.69) is 20.0 Å². The summed E-state index contributed by atoms with van der Waals surface area (Å²) in [5.41, 5.74) is 0.336. The first-order chi connectivity index (χ1) is 8.29. The SMILES string of the molecule is COC(=O)c1csc(NCCn2ccnc2)n1. The molecule has 0 saturated carbocycles. The highest BCUT2D eigenvalue weighted by Crippen LogP contribution is 2.15. The smallest absolute Gasteiger partial charge is 0.357 e. The van der Waals surface area contributed by atoms with Gasteiger partial charge in [-0.15, -0.1) is 11.3 Å². The zero-order valence-corrected chi connectivity index (χ0v) is 10.1. The standard InChI is InChI=1S/C10H12N4O2S/c1-16-9(15)8-6-17-10(13-8)12-3-5-14-4-2-11-7-14/h2,4,6-7H,3,5H2,1H3,(H,12,13). The highest BCUT2D eigenvalue weighted by molar-refractivity contribution is 7.13. The second-order valence-electron chi connectivity index (χ2n) is 3.26. The van der Waals surface area contributed by atoms with Crippen LogP contribution in [0.2, 0.25) is 0 Å². The highest BCUT2D eigenvalue weighted by Gasteiger charge is 2.09. The van der Waals surface area contributed by atoms with E-state index in [9.17, 15) is 4.79 Å². The average molecular weight is 252 g/mol. The summed E-state index contributed by atoms with van der Waals surface area (Å²) >= 11 is 1.38. The first kappa shape index (κ1) is 11.6. The molecule has 2 aromatic rings. The first-order valence-corrected chi connectivity index (χ1v) is 5.91. The van der Waals surface area contributed by atoms with E-state index in [-0.39, 0.29) is 0 Å². The molecule has 0 aliphatic heterocycles. The van der Waals surface area contributed by atoms with Crippen molar-refractivity contribution >= 4 is 22.4 Å². The zero-order chi connectivity index (χ0) is 12.1. The molecule has 0 aliphatic carbocycles. The van der Waals surface area contributed by atoms with Gasteiger partial charge in [0.25, 0.3) is 0 Å². The fraction of sp³-hybridized carbons (Fsp3) is 0.300. The van der Waals surface area contributed by atoms with Gasteiger partial charge >= 0.3 is 5.97 Å². The number of hydrogen-bond acceptors (Lipinski definition) is 6. The van der Waals surface area contributed by atoms with Crippen molar-refractivity contribution in [3.63, 3.8) is 0 Å². The number of imidazole rings is 1. The number of rotatable bonds is 5. The van der Waals surface area contributed by atoms with E-state index in [0.29, 0.717) is 10.8 Å². The molecule has 0 aliphatic rings. The van der Waals surface area contributed by atoms with Gasteiger partial charge < -0.3 is 14.6 Å². The maximum absolute atomic E-state index is 11.2. The molecular formula is C10H12N4O2S. The van der Waals surface area contributed by atoms with Crippen LogP contribution >= 0.6 is 11.3 Å². The Morgan fingerprint density at radius 3 is 3.24 bits per heavy atom. The lowest BCUT2D eigenvalue weighted by atomic mass is 10.5. The van der Waals surface area contributed by atoms with Gasteiger partial charge in [0, 0.05) is 30.9 Å². The van der Waals surface area contributed by atoms with E-state index in [4.69, 9.17) is 0 Å². The Morgan fingerprint density at radius 2 is 2.53 bits per heavy atom. The molecule has 0 saturated heterocycles.